The van der Waals surface area contributed by atoms with Crippen molar-refractivity contribution in [2.24, 2.45) is 28.2 Å². The lowest BCUT2D eigenvalue weighted by atomic mass is 9.80. The molecule has 0 aliphatic heterocycles. The van der Waals surface area contributed by atoms with Crippen molar-refractivity contribution in [3.8, 4) is 0 Å². The number of carbonyl (C=O) groups excluding carboxylic acids is 4. The number of nitrogens with zero attached hydrogens (tertiary/aromatic N) is 1. The molecule has 14 nitrogen and oxygen atoms in total. The Morgan fingerprint density at radius 3 is 2.09 bits per heavy atom. The van der Waals surface area contributed by atoms with Crippen LogP contribution in [0.5, 0.6) is 0 Å². The molecule has 5 N–H and O–H groups in total. The number of hydrogen-bond acceptors (Lipinski definition) is 10. The summed E-state index contributed by atoms with van der Waals surface area (Å²) in [6.07, 6.45) is -2.44. The molecule has 1 fully saturated rings. The summed E-state index contributed by atoms with van der Waals surface area (Å²) in [6.45, 7) is 9.20. The minimum atomic E-state index is -1.39. The Bertz CT molecular complexity index is 1180. The molecule has 5 atom stereocenters. The zero-order valence-corrected chi connectivity index (χ0v) is 26.0. The molecule has 1 saturated carbocycles. The number of nitrogens with one attached hydrogen (secondary N) is 3. The zero-order valence-electron chi connectivity index (χ0n) is 26.0. The van der Waals surface area contributed by atoms with Gasteiger partial charge in [-0.2, -0.15) is 0 Å². The number of aliphatic carboxylic acids is 1. The molecule has 14 heteroatoms. The number of carboxylic acid groups (broad SMARTS) is 1. The number of alkyl carbamates (subject to hydrolysis) is 2. The molecule has 1 aliphatic rings. The van der Waals surface area contributed by atoms with Gasteiger partial charge in [0.15, 0.2) is 0 Å². The number of carbonyl (C=O) groups is 5. The summed E-state index contributed by atoms with van der Waals surface area (Å²) in [4.78, 5) is 66.0. The van der Waals surface area contributed by atoms with Gasteiger partial charge in [0, 0.05) is 18.9 Å². The third-order valence-corrected chi connectivity index (χ3v) is 7.35. The molecule has 0 bridgehead atoms. The number of rotatable bonds is 11. The van der Waals surface area contributed by atoms with Crippen LogP contribution in [0.25, 0.3) is 0 Å². The van der Waals surface area contributed by atoms with Gasteiger partial charge in [-0.15, -0.1) is 0 Å². The average Bonchev–Trinajstić information content (AvgIpc) is 3.27. The van der Waals surface area contributed by atoms with E-state index in [9.17, 15) is 34.2 Å². The van der Waals surface area contributed by atoms with Crippen molar-refractivity contribution in [3.05, 3.63) is 35.9 Å². The van der Waals surface area contributed by atoms with E-state index in [0.717, 1.165) is 0 Å². The fourth-order valence-corrected chi connectivity index (χ4v) is 5.05. The molecule has 0 saturated heterocycles. The molecule has 0 heterocycles. The first-order valence-corrected chi connectivity index (χ1v) is 14.5. The Kier molecular flexibility index (Phi) is 13.6. The van der Waals surface area contributed by atoms with Crippen LogP contribution in [0.4, 0.5) is 9.59 Å². The van der Waals surface area contributed by atoms with E-state index in [-0.39, 0.29) is 24.9 Å². The van der Waals surface area contributed by atoms with Gasteiger partial charge in [-0.25, -0.2) is 14.6 Å². The van der Waals surface area contributed by atoms with Crippen LogP contribution in [0, 0.1) is 23.2 Å². The van der Waals surface area contributed by atoms with Gasteiger partial charge in [-0.1, -0.05) is 57.0 Å². The van der Waals surface area contributed by atoms with E-state index in [1.807, 2.05) is 13.8 Å². The highest BCUT2D eigenvalue weighted by atomic mass is 16.7. The minimum absolute atomic E-state index is 0.0989. The second-order valence-corrected chi connectivity index (χ2v) is 11.6. The van der Waals surface area contributed by atoms with Gasteiger partial charge in [0.1, 0.15) is 6.61 Å². The van der Waals surface area contributed by atoms with Crippen molar-refractivity contribution in [3.63, 3.8) is 0 Å². The summed E-state index contributed by atoms with van der Waals surface area (Å²) in [7, 11) is 0. The number of ether oxygens (including phenoxy) is 3. The smallest absolute Gasteiger partial charge is 0.416 e. The molecule has 1 aromatic carbocycles. The van der Waals surface area contributed by atoms with Gasteiger partial charge in [0.05, 0.1) is 23.5 Å². The first-order valence-electron chi connectivity index (χ1n) is 14.5. The predicted molar refractivity (Wildman–Crippen MR) is 158 cm³/mol. The molecule has 244 valence electrons. The van der Waals surface area contributed by atoms with Gasteiger partial charge in [-0.05, 0) is 38.7 Å². The highest BCUT2D eigenvalue weighted by Crippen LogP contribution is 2.39. The van der Waals surface area contributed by atoms with Gasteiger partial charge in [0.2, 0.25) is 18.7 Å². The quantitative estimate of drug-likeness (QED) is 0.106. The number of amides is 3. The monoisotopic (exact) mass is 620 g/mol. The van der Waals surface area contributed by atoms with Crippen molar-refractivity contribution in [1.29, 1.82) is 0 Å². The van der Waals surface area contributed by atoms with Crippen LogP contribution in [-0.4, -0.2) is 71.2 Å². The number of benzene rings is 1. The Hall–Kier alpha value is -4.20. The fourth-order valence-electron chi connectivity index (χ4n) is 5.05. The second kappa shape index (κ2) is 16.6. The lowest BCUT2D eigenvalue weighted by Gasteiger charge is -2.35. The molecular weight excluding hydrogens is 576 g/mol. The van der Waals surface area contributed by atoms with Crippen LogP contribution in [0.2, 0.25) is 0 Å². The summed E-state index contributed by atoms with van der Waals surface area (Å²) in [5.41, 5.74) is -0.143. The van der Waals surface area contributed by atoms with Crippen LogP contribution >= 0.6 is 0 Å². The van der Waals surface area contributed by atoms with Gasteiger partial charge >= 0.3 is 24.1 Å². The number of carboxylic acids is 1. The standard InChI is InChI=1S/C30H44N4O10/c1-7-19(8-2)23(31-17(3)35)22-21(14-20(24(22)36)25(37)38)32-27(33-28(40)42-15-18-12-10-9-11-13-18)34-29(41)44-16-43-26(39)30(4,5)6/h9-13,19-24,36H,7-8,14-16H2,1-6H3,(H,31,35)(H,37,38)(H2,32,33,34,40,41)/t20?,21-,22+,23?,24?/m0/s1. The molecule has 0 spiro atoms. The highest BCUT2D eigenvalue weighted by molar-refractivity contribution is 6.01. The molecule has 44 heavy (non-hydrogen) atoms. The Morgan fingerprint density at radius 2 is 1.57 bits per heavy atom. The Morgan fingerprint density at radius 1 is 0.977 bits per heavy atom. The number of aliphatic imine (C=N–C) groups is 1. The van der Waals surface area contributed by atoms with E-state index in [1.165, 1.54) is 6.92 Å². The summed E-state index contributed by atoms with van der Waals surface area (Å²) >= 11 is 0. The molecule has 1 aromatic rings. The molecular formula is C30H44N4O10. The van der Waals surface area contributed by atoms with E-state index in [0.29, 0.717) is 18.4 Å². The fraction of sp³-hybridized carbons (Fsp3) is 0.600. The molecule has 3 amide bonds. The lowest BCUT2D eigenvalue weighted by molar-refractivity contribution is -0.161. The first-order chi connectivity index (χ1) is 20.7. The van der Waals surface area contributed by atoms with Crippen LogP contribution in [0.1, 0.15) is 66.4 Å². The summed E-state index contributed by atoms with van der Waals surface area (Å²) in [6, 6.07) is 7.19. The normalized spacial score (nSPS) is 20.8. The molecule has 3 unspecified atom stereocenters. The average molecular weight is 621 g/mol. The second-order valence-electron chi connectivity index (χ2n) is 11.6. The number of aliphatic hydroxyl groups is 1. The predicted octanol–water partition coefficient (Wildman–Crippen LogP) is 2.93. The van der Waals surface area contributed by atoms with E-state index >= 15 is 0 Å². The van der Waals surface area contributed by atoms with Crippen LogP contribution in [0.3, 0.4) is 0 Å². The minimum Gasteiger partial charge on any atom is -0.481 e. The maximum atomic E-state index is 12.7. The van der Waals surface area contributed by atoms with E-state index in [1.54, 1.807) is 51.1 Å². The Balaban J connectivity index is 2.38. The van der Waals surface area contributed by atoms with Crippen molar-refractivity contribution in [2.75, 3.05) is 6.79 Å². The summed E-state index contributed by atoms with van der Waals surface area (Å²) < 4.78 is 15.1. The molecule has 0 radical (unpaired) electrons. The van der Waals surface area contributed by atoms with Crippen LogP contribution in [0.15, 0.2) is 35.3 Å². The highest BCUT2D eigenvalue weighted by Gasteiger charge is 2.51. The van der Waals surface area contributed by atoms with Crippen molar-refractivity contribution < 1.29 is 48.4 Å². The molecule has 2 rings (SSSR count). The summed E-state index contributed by atoms with van der Waals surface area (Å²) in [5, 5.41) is 28.4. The van der Waals surface area contributed by atoms with Gasteiger partial charge < -0.3 is 29.7 Å². The first kappa shape index (κ1) is 36.0. The van der Waals surface area contributed by atoms with Gasteiger partial charge in [-0.3, -0.25) is 25.0 Å². The summed E-state index contributed by atoms with van der Waals surface area (Å²) in [5.74, 6) is -4.93. The maximum absolute atomic E-state index is 12.7. The van der Waals surface area contributed by atoms with Crippen LogP contribution < -0.4 is 16.0 Å². The largest absolute Gasteiger partial charge is 0.481 e. The number of guanidine groups is 1. The maximum Gasteiger partial charge on any atom is 0.416 e. The van der Waals surface area contributed by atoms with E-state index < -0.39 is 72.3 Å². The number of hydrogen-bond donors (Lipinski definition) is 5. The van der Waals surface area contributed by atoms with Crippen molar-refractivity contribution in [2.45, 2.75) is 85.6 Å². The topological polar surface area (TPSA) is 202 Å². The molecule has 1 aliphatic carbocycles. The van der Waals surface area contributed by atoms with E-state index in [2.05, 4.69) is 20.9 Å². The SMILES string of the molecule is CCC(CC)C(NC(C)=O)[C@@H]1C(O)C(C(=O)O)C[C@@H]1N=C(NC(=O)OCOC(=O)C(C)(C)C)NC(=O)OCc1ccccc1. The van der Waals surface area contributed by atoms with Crippen LogP contribution in [-0.2, 0) is 35.2 Å². The van der Waals surface area contributed by atoms with E-state index in [4.69, 9.17) is 14.2 Å². The Labute approximate surface area is 256 Å². The number of esters is 1. The third kappa shape index (κ3) is 10.8. The lowest BCUT2D eigenvalue weighted by Crippen LogP contribution is -2.51. The third-order valence-electron chi connectivity index (χ3n) is 7.35. The number of aliphatic hydroxyl groups excluding tert-OH is 1. The zero-order chi connectivity index (χ0) is 33.0. The van der Waals surface area contributed by atoms with Gasteiger partial charge in [0.25, 0.3) is 0 Å². The molecule has 0 aromatic heterocycles. The van der Waals surface area contributed by atoms with Crippen molar-refractivity contribution in [1.82, 2.24) is 16.0 Å². The van der Waals surface area contributed by atoms with Crippen molar-refractivity contribution >= 4 is 36.0 Å².